The average molecular weight is 566 g/mol. The molecule has 44 heavy (non-hydrogen) atoms. The van der Waals surface area contributed by atoms with Crippen LogP contribution in [0.1, 0.15) is 25.0 Å². The summed E-state index contributed by atoms with van der Waals surface area (Å²) in [5.74, 6) is 1.89. The van der Waals surface area contributed by atoms with E-state index in [1.165, 1.54) is 33.0 Å². The molecule has 0 saturated heterocycles. The van der Waals surface area contributed by atoms with Crippen LogP contribution in [0, 0.1) is 0 Å². The van der Waals surface area contributed by atoms with Crippen molar-refractivity contribution in [2.75, 3.05) is 0 Å². The Labute approximate surface area is 254 Å². The molecule has 0 saturated carbocycles. The summed E-state index contributed by atoms with van der Waals surface area (Å²) >= 11 is 0. The fourth-order valence-electron chi connectivity index (χ4n) is 7.13. The molecule has 208 valence electrons. The van der Waals surface area contributed by atoms with Crippen LogP contribution < -0.4 is 0 Å². The Kier molecular flexibility index (Phi) is 5.18. The smallest absolute Gasteiger partial charge is 0.238 e. The highest BCUT2D eigenvalue weighted by Crippen LogP contribution is 2.53. The van der Waals surface area contributed by atoms with E-state index in [0.29, 0.717) is 17.6 Å². The second kappa shape index (κ2) is 9.16. The van der Waals surface area contributed by atoms with E-state index in [1.54, 1.807) is 0 Å². The Morgan fingerprint density at radius 3 is 2.00 bits per heavy atom. The third-order valence-corrected chi connectivity index (χ3v) is 9.11. The van der Waals surface area contributed by atoms with Gasteiger partial charge < -0.3 is 0 Å². The normalized spacial score (nSPS) is 13.4. The van der Waals surface area contributed by atoms with Crippen molar-refractivity contribution in [3.63, 3.8) is 0 Å². The highest BCUT2D eigenvalue weighted by molar-refractivity contribution is 6.22. The number of fused-ring (bicyclic) bond motifs is 9. The van der Waals surface area contributed by atoms with Crippen LogP contribution in [0.3, 0.4) is 0 Å². The fraction of sp³-hybridized carbons (Fsp3) is 0.0769. The van der Waals surface area contributed by atoms with Crippen LogP contribution in [0.4, 0.5) is 0 Å². The zero-order chi connectivity index (χ0) is 29.4. The first-order chi connectivity index (χ1) is 21.6. The van der Waals surface area contributed by atoms with E-state index in [1.807, 2.05) is 48.8 Å². The zero-order valence-corrected chi connectivity index (χ0v) is 24.4. The van der Waals surface area contributed by atoms with Crippen LogP contribution in [0.25, 0.3) is 72.4 Å². The first-order valence-corrected chi connectivity index (χ1v) is 14.9. The highest BCUT2D eigenvalue weighted by atomic mass is 15.2. The van der Waals surface area contributed by atoms with Crippen molar-refractivity contribution in [1.82, 2.24) is 24.5 Å². The van der Waals surface area contributed by atoms with Gasteiger partial charge in [0.25, 0.3) is 0 Å². The summed E-state index contributed by atoms with van der Waals surface area (Å²) in [6.45, 7) is 4.67. The lowest BCUT2D eigenvalue weighted by atomic mass is 9.81. The number of nitrogens with zero attached hydrogens (tertiary/aromatic N) is 5. The molecule has 5 nitrogen and oxygen atoms in total. The summed E-state index contributed by atoms with van der Waals surface area (Å²) in [5, 5.41) is 4.62. The molecule has 0 N–H and O–H groups in total. The molecule has 9 rings (SSSR count). The van der Waals surface area contributed by atoms with Gasteiger partial charge in [-0.05, 0) is 39.8 Å². The van der Waals surface area contributed by atoms with E-state index in [9.17, 15) is 0 Å². The van der Waals surface area contributed by atoms with Gasteiger partial charge in [-0.15, -0.1) is 0 Å². The third-order valence-electron chi connectivity index (χ3n) is 9.11. The summed E-state index contributed by atoms with van der Waals surface area (Å²) in [4.78, 5) is 19.8. The quantitative estimate of drug-likeness (QED) is 0.214. The molecule has 1 aliphatic rings. The van der Waals surface area contributed by atoms with E-state index >= 15 is 0 Å². The van der Waals surface area contributed by atoms with Gasteiger partial charge in [0, 0.05) is 45.1 Å². The van der Waals surface area contributed by atoms with Crippen molar-refractivity contribution in [2.45, 2.75) is 19.3 Å². The standard InChI is InChI=1S/C39H27N5/c1-39(2)31-16-10-9-15-28(31)29-18-19-30-33-27-21-22-40-23-26(27)17-20-32(33)44(35(30)34(29)39)38-42-36(24-11-5-3-6-12-24)41-37(43-38)25-13-7-4-8-14-25/h3-23H,1-2H3. The molecule has 0 radical (unpaired) electrons. The van der Waals surface area contributed by atoms with Gasteiger partial charge in [-0.3, -0.25) is 9.55 Å². The summed E-state index contributed by atoms with van der Waals surface area (Å²) in [6.07, 6.45) is 3.82. The summed E-state index contributed by atoms with van der Waals surface area (Å²) in [5.41, 5.74) is 9.02. The summed E-state index contributed by atoms with van der Waals surface area (Å²) in [7, 11) is 0. The molecular weight excluding hydrogens is 538 g/mol. The SMILES string of the molecule is CC1(C)c2ccccc2-c2ccc3c4c5ccncc5ccc4n(-c4nc(-c5ccccc5)nc(-c5ccccc5)n4)c3c21. The Bertz CT molecular complexity index is 2350. The van der Waals surface area contributed by atoms with Gasteiger partial charge in [-0.25, -0.2) is 4.98 Å². The number of hydrogen-bond acceptors (Lipinski definition) is 4. The molecule has 5 heteroatoms. The van der Waals surface area contributed by atoms with Crippen LogP contribution >= 0.6 is 0 Å². The Balaban J connectivity index is 1.47. The highest BCUT2D eigenvalue weighted by Gasteiger charge is 2.38. The lowest BCUT2D eigenvalue weighted by Crippen LogP contribution is -2.17. The lowest BCUT2D eigenvalue weighted by Gasteiger charge is -2.23. The number of rotatable bonds is 3. The van der Waals surface area contributed by atoms with Crippen LogP contribution in [0.15, 0.2) is 128 Å². The molecule has 3 heterocycles. The van der Waals surface area contributed by atoms with Gasteiger partial charge in [0.2, 0.25) is 5.95 Å². The van der Waals surface area contributed by atoms with Crippen molar-refractivity contribution in [3.8, 4) is 39.9 Å². The van der Waals surface area contributed by atoms with Crippen LogP contribution in [0.5, 0.6) is 0 Å². The number of benzene rings is 5. The molecule has 5 aromatic carbocycles. The lowest BCUT2D eigenvalue weighted by molar-refractivity contribution is 0.663. The monoisotopic (exact) mass is 565 g/mol. The van der Waals surface area contributed by atoms with E-state index in [-0.39, 0.29) is 5.41 Å². The second-order valence-corrected chi connectivity index (χ2v) is 12.0. The molecule has 3 aromatic heterocycles. The predicted octanol–water partition coefficient (Wildman–Crippen LogP) is 9.16. The van der Waals surface area contributed by atoms with Crippen molar-refractivity contribution in [3.05, 3.63) is 139 Å². The minimum absolute atomic E-state index is 0.230. The van der Waals surface area contributed by atoms with Crippen LogP contribution in [-0.4, -0.2) is 24.5 Å². The average Bonchev–Trinajstić information content (AvgIpc) is 3.54. The molecule has 0 aliphatic heterocycles. The Morgan fingerprint density at radius 2 is 1.27 bits per heavy atom. The molecule has 0 unspecified atom stereocenters. The summed E-state index contributed by atoms with van der Waals surface area (Å²) < 4.78 is 2.28. The predicted molar refractivity (Wildman–Crippen MR) is 178 cm³/mol. The van der Waals surface area contributed by atoms with Gasteiger partial charge in [0.15, 0.2) is 11.6 Å². The first-order valence-electron chi connectivity index (χ1n) is 14.9. The Hall–Kier alpha value is -5.68. The van der Waals surface area contributed by atoms with Crippen molar-refractivity contribution < 1.29 is 0 Å². The third kappa shape index (κ3) is 3.47. The number of aromatic nitrogens is 5. The van der Waals surface area contributed by atoms with Crippen molar-refractivity contribution in [2.24, 2.45) is 0 Å². The van der Waals surface area contributed by atoms with Crippen molar-refractivity contribution >= 4 is 32.6 Å². The molecule has 1 aliphatic carbocycles. The maximum absolute atomic E-state index is 5.20. The number of hydrogen-bond donors (Lipinski definition) is 0. The second-order valence-electron chi connectivity index (χ2n) is 12.0. The van der Waals surface area contributed by atoms with E-state index in [2.05, 4.69) is 102 Å². The van der Waals surface area contributed by atoms with Crippen LogP contribution in [-0.2, 0) is 5.41 Å². The molecule has 0 amide bonds. The first kappa shape index (κ1) is 24.9. The molecule has 0 spiro atoms. The molecule has 0 bridgehead atoms. The van der Waals surface area contributed by atoms with Gasteiger partial charge >= 0.3 is 0 Å². The zero-order valence-electron chi connectivity index (χ0n) is 24.4. The fourth-order valence-corrected chi connectivity index (χ4v) is 7.13. The van der Waals surface area contributed by atoms with Gasteiger partial charge in [-0.1, -0.05) is 117 Å². The van der Waals surface area contributed by atoms with Crippen molar-refractivity contribution in [1.29, 1.82) is 0 Å². The largest absolute Gasteiger partial charge is 0.277 e. The molecular formula is C39H27N5. The van der Waals surface area contributed by atoms with Gasteiger partial charge in [0.05, 0.1) is 11.0 Å². The topological polar surface area (TPSA) is 56.5 Å². The van der Waals surface area contributed by atoms with Crippen LogP contribution in [0.2, 0.25) is 0 Å². The van der Waals surface area contributed by atoms with Gasteiger partial charge in [0.1, 0.15) is 0 Å². The molecule has 0 fully saturated rings. The maximum atomic E-state index is 5.20. The minimum atomic E-state index is -0.230. The molecule has 8 aromatic rings. The van der Waals surface area contributed by atoms with Gasteiger partial charge in [-0.2, -0.15) is 9.97 Å². The minimum Gasteiger partial charge on any atom is -0.277 e. The van der Waals surface area contributed by atoms with E-state index < -0.39 is 0 Å². The van der Waals surface area contributed by atoms with E-state index in [4.69, 9.17) is 15.0 Å². The Morgan fingerprint density at radius 1 is 0.591 bits per heavy atom. The summed E-state index contributed by atoms with van der Waals surface area (Å²) in [6, 6.07) is 40.1. The number of pyridine rings is 1. The molecule has 0 atom stereocenters. The van der Waals surface area contributed by atoms with E-state index in [0.717, 1.165) is 32.9 Å². The maximum Gasteiger partial charge on any atom is 0.238 e.